The number of carboxylic acids is 1. The number of aliphatic carboxylic acids is 1. The Kier molecular flexibility index (Phi) is 6.32. The number of aromatic nitrogens is 4. The number of hydrogen-bond donors (Lipinski definition) is 5. The molecule has 0 saturated heterocycles. The predicted molar refractivity (Wildman–Crippen MR) is 127 cm³/mol. The molecule has 34 heavy (non-hydrogen) atoms. The summed E-state index contributed by atoms with van der Waals surface area (Å²) in [5.74, 6) is -1.81. The molecule has 0 fully saturated rings. The first-order valence-electron chi connectivity index (χ1n) is 10.0. The van der Waals surface area contributed by atoms with E-state index in [-0.39, 0.29) is 17.3 Å². The fourth-order valence-corrected chi connectivity index (χ4v) is 3.45. The largest absolute Gasteiger partial charge is 0.479 e. The zero-order valence-corrected chi connectivity index (χ0v) is 19.6. The Morgan fingerprint density at radius 1 is 1.12 bits per heavy atom. The minimum absolute atomic E-state index is 0.0371. The summed E-state index contributed by atoms with van der Waals surface area (Å²) in [6, 6.07) is 10.2. The highest BCUT2D eigenvalue weighted by Crippen LogP contribution is 2.23. The molecule has 2 heterocycles. The van der Waals surface area contributed by atoms with E-state index in [1.54, 1.807) is 24.3 Å². The van der Waals surface area contributed by atoms with Gasteiger partial charge in [0.1, 0.15) is 11.4 Å². The minimum atomic E-state index is -1.09. The van der Waals surface area contributed by atoms with Gasteiger partial charge in [0.05, 0.1) is 17.4 Å². The number of carbonyl (C=O) groups is 3. The molecule has 0 aliphatic rings. The Bertz CT molecular complexity index is 1410. The number of aromatic amines is 2. The molecule has 1 unspecified atom stereocenters. The van der Waals surface area contributed by atoms with Crippen molar-refractivity contribution in [2.75, 3.05) is 10.6 Å². The van der Waals surface area contributed by atoms with Crippen molar-refractivity contribution in [3.63, 3.8) is 0 Å². The van der Waals surface area contributed by atoms with Gasteiger partial charge in [0.2, 0.25) is 5.95 Å². The van der Waals surface area contributed by atoms with Crippen LogP contribution in [0.3, 0.4) is 0 Å². The van der Waals surface area contributed by atoms with Crippen molar-refractivity contribution in [1.29, 1.82) is 0 Å². The molecular formula is C22H19BrN6O5. The van der Waals surface area contributed by atoms with Crippen molar-refractivity contribution in [2.24, 2.45) is 0 Å². The third-order valence-corrected chi connectivity index (χ3v) is 5.37. The number of carboxylic acid groups (broad SMARTS) is 1. The smallest absolute Gasteiger partial charge is 0.344 e. The van der Waals surface area contributed by atoms with E-state index in [4.69, 9.17) is 9.84 Å². The molecule has 0 saturated carbocycles. The summed E-state index contributed by atoms with van der Waals surface area (Å²) in [5.41, 5.74) is 2.37. The lowest BCUT2D eigenvalue weighted by Gasteiger charge is -2.09. The van der Waals surface area contributed by atoms with Crippen molar-refractivity contribution >= 4 is 56.4 Å². The number of nitrogens with zero attached hydrogens (tertiary/aromatic N) is 2. The SMILES string of the molecule is Cc1ccc(Br)cc1NC(=O)c1nc[nH]c1C(=O)Nc1nc2cc(OC(C)C(=O)O)ccc2[nH]1. The monoisotopic (exact) mass is 526 g/mol. The van der Waals surface area contributed by atoms with Crippen LogP contribution in [-0.4, -0.2) is 48.9 Å². The lowest BCUT2D eigenvalue weighted by molar-refractivity contribution is -0.144. The Balaban J connectivity index is 1.50. The van der Waals surface area contributed by atoms with Gasteiger partial charge < -0.3 is 25.1 Å². The number of halogens is 1. The van der Waals surface area contributed by atoms with Crippen LogP contribution in [0.1, 0.15) is 33.5 Å². The van der Waals surface area contributed by atoms with Crippen LogP contribution in [0.5, 0.6) is 5.75 Å². The first kappa shape index (κ1) is 23.0. The fraction of sp³-hybridized carbons (Fsp3) is 0.136. The van der Waals surface area contributed by atoms with Crippen LogP contribution >= 0.6 is 15.9 Å². The molecule has 0 spiro atoms. The molecule has 2 aromatic carbocycles. The minimum Gasteiger partial charge on any atom is -0.479 e. The summed E-state index contributed by atoms with van der Waals surface area (Å²) in [6.07, 6.45) is 0.227. The average Bonchev–Trinajstić information content (AvgIpc) is 3.42. The molecular weight excluding hydrogens is 508 g/mol. The summed E-state index contributed by atoms with van der Waals surface area (Å²) in [6.45, 7) is 3.26. The highest BCUT2D eigenvalue weighted by molar-refractivity contribution is 9.10. The topological polar surface area (TPSA) is 162 Å². The highest BCUT2D eigenvalue weighted by atomic mass is 79.9. The maximum atomic E-state index is 12.8. The molecule has 0 bridgehead atoms. The molecule has 0 aliphatic heterocycles. The Labute approximate surface area is 201 Å². The average molecular weight is 527 g/mol. The summed E-state index contributed by atoms with van der Waals surface area (Å²) >= 11 is 3.36. The summed E-state index contributed by atoms with van der Waals surface area (Å²) in [7, 11) is 0. The van der Waals surface area contributed by atoms with E-state index in [2.05, 4.69) is 46.5 Å². The molecule has 2 aromatic heterocycles. The van der Waals surface area contributed by atoms with Crippen LogP contribution in [0.25, 0.3) is 11.0 Å². The maximum absolute atomic E-state index is 12.8. The van der Waals surface area contributed by atoms with E-state index in [0.717, 1.165) is 10.0 Å². The van der Waals surface area contributed by atoms with Crippen molar-refractivity contribution in [3.8, 4) is 5.75 Å². The van der Waals surface area contributed by atoms with Crippen LogP contribution in [0.15, 0.2) is 47.2 Å². The van der Waals surface area contributed by atoms with Crippen molar-refractivity contribution < 1.29 is 24.2 Å². The number of nitrogens with one attached hydrogen (secondary N) is 4. The second-order valence-corrected chi connectivity index (χ2v) is 8.27. The zero-order valence-electron chi connectivity index (χ0n) is 18.0. The van der Waals surface area contributed by atoms with Gasteiger partial charge in [0.25, 0.3) is 11.8 Å². The fourth-order valence-electron chi connectivity index (χ4n) is 3.09. The molecule has 2 amide bonds. The second-order valence-electron chi connectivity index (χ2n) is 7.36. The van der Waals surface area contributed by atoms with Crippen LogP contribution in [0.4, 0.5) is 11.6 Å². The number of H-pyrrole nitrogens is 2. The van der Waals surface area contributed by atoms with E-state index >= 15 is 0 Å². The first-order valence-corrected chi connectivity index (χ1v) is 10.8. The van der Waals surface area contributed by atoms with E-state index < -0.39 is 23.9 Å². The lowest BCUT2D eigenvalue weighted by atomic mass is 10.2. The third kappa shape index (κ3) is 4.91. The Hall–Kier alpha value is -4.19. The molecule has 4 rings (SSSR count). The van der Waals surface area contributed by atoms with Crippen LogP contribution in [0, 0.1) is 6.92 Å². The Morgan fingerprint density at radius 3 is 2.68 bits per heavy atom. The number of hydrogen-bond acceptors (Lipinski definition) is 6. The summed E-state index contributed by atoms with van der Waals surface area (Å²) < 4.78 is 6.13. The number of ether oxygens (including phenoxy) is 1. The molecule has 174 valence electrons. The lowest BCUT2D eigenvalue weighted by Crippen LogP contribution is -2.22. The number of anilines is 2. The predicted octanol–water partition coefficient (Wildman–Crippen LogP) is 3.71. The number of benzene rings is 2. The van der Waals surface area contributed by atoms with Crippen molar-refractivity contribution in [1.82, 2.24) is 19.9 Å². The quantitative estimate of drug-likeness (QED) is 0.245. The first-order chi connectivity index (χ1) is 16.2. The van der Waals surface area contributed by atoms with E-state index in [1.807, 2.05) is 19.1 Å². The van der Waals surface area contributed by atoms with Gasteiger partial charge >= 0.3 is 5.97 Å². The molecule has 12 heteroatoms. The van der Waals surface area contributed by atoms with Crippen LogP contribution < -0.4 is 15.4 Å². The van der Waals surface area contributed by atoms with Gasteiger partial charge in [-0.05, 0) is 43.7 Å². The van der Waals surface area contributed by atoms with E-state index in [0.29, 0.717) is 22.5 Å². The Morgan fingerprint density at radius 2 is 1.91 bits per heavy atom. The standard InChI is InChI=1S/C22H19BrN6O5/c1-10-3-4-12(23)7-15(10)26-19(30)17-18(25-9-24-17)20(31)29-22-27-14-6-5-13(8-16(14)28-22)34-11(2)21(32)33/h3-9,11H,1-2H3,(H,24,25)(H,26,30)(H,32,33)(H2,27,28,29,31). The second kappa shape index (κ2) is 9.35. The van der Waals surface area contributed by atoms with Gasteiger partial charge in [-0.3, -0.25) is 14.9 Å². The molecule has 0 radical (unpaired) electrons. The number of rotatable bonds is 7. The molecule has 11 nitrogen and oxygen atoms in total. The van der Waals surface area contributed by atoms with E-state index in [1.165, 1.54) is 13.3 Å². The molecule has 5 N–H and O–H groups in total. The van der Waals surface area contributed by atoms with Crippen LogP contribution in [-0.2, 0) is 4.79 Å². The number of fused-ring (bicyclic) bond motifs is 1. The molecule has 1 atom stereocenters. The molecule has 0 aliphatic carbocycles. The van der Waals surface area contributed by atoms with Gasteiger partial charge in [-0.25, -0.2) is 14.8 Å². The molecule has 4 aromatic rings. The van der Waals surface area contributed by atoms with Gasteiger partial charge in [-0.1, -0.05) is 22.0 Å². The summed E-state index contributed by atoms with van der Waals surface area (Å²) in [4.78, 5) is 50.5. The number of carbonyl (C=O) groups excluding carboxylic acids is 2. The number of imidazole rings is 2. The van der Waals surface area contributed by atoms with Crippen molar-refractivity contribution in [3.05, 3.63) is 64.1 Å². The zero-order chi connectivity index (χ0) is 24.4. The van der Waals surface area contributed by atoms with Gasteiger partial charge in [0, 0.05) is 16.2 Å². The van der Waals surface area contributed by atoms with Crippen molar-refractivity contribution in [2.45, 2.75) is 20.0 Å². The van der Waals surface area contributed by atoms with Gasteiger partial charge in [0.15, 0.2) is 11.8 Å². The summed E-state index contributed by atoms with van der Waals surface area (Å²) in [5, 5.41) is 14.3. The number of amides is 2. The number of aryl methyl sites for hydroxylation is 1. The van der Waals surface area contributed by atoms with Crippen LogP contribution in [0.2, 0.25) is 0 Å². The highest BCUT2D eigenvalue weighted by Gasteiger charge is 2.22. The normalized spacial score (nSPS) is 11.7. The maximum Gasteiger partial charge on any atom is 0.344 e. The third-order valence-electron chi connectivity index (χ3n) is 4.88. The van der Waals surface area contributed by atoms with E-state index in [9.17, 15) is 14.4 Å². The van der Waals surface area contributed by atoms with Gasteiger partial charge in [-0.15, -0.1) is 0 Å². The van der Waals surface area contributed by atoms with Gasteiger partial charge in [-0.2, -0.15) is 0 Å².